The fraction of sp³-hybridized carbons (Fsp3) is 0.531. The number of unbranched alkanes of at least 4 members (excludes halogenated alkanes) is 8. The van der Waals surface area contributed by atoms with E-state index in [0.717, 1.165) is 41.4 Å². The molecular formula is C32H45N3. The maximum absolute atomic E-state index is 4.71. The lowest BCUT2D eigenvalue weighted by Crippen LogP contribution is -1.94. The molecule has 0 atom stereocenters. The lowest BCUT2D eigenvalue weighted by molar-refractivity contribution is 0.515. The highest BCUT2D eigenvalue weighted by molar-refractivity contribution is 5.65. The fourth-order valence-electron chi connectivity index (χ4n) is 4.51. The number of hydrogen-bond acceptors (Lipinski definition) is 3. The maximum Gasteiger partial charge on any atom is 0.159 e. The van der Waals surface area contributed by atoms with E-state index in [9.17, 15) is 0 Å². The van der Waals surface area contributed by atoms with Gasteiger partial charge in [-0.15, -0.1) is 0 Å². The van der Waals surface area contributed by atoms with Gasteiger partial charge in [-0.05, 0) is 48.8 Å². The van der Waals surface area contributed by atoms with Crippen LogP contribution in [0.15, 0.2) is 55.0 Å². The van der Waals surface area contributed by atoms with Crippen molar-refractivity contribution < 1.29 is 0 Å². The van der Waals surface area contributed by atoms with Crippen LogP contribution in [-0.4, -0.2) is 15.0 Å². The number of rotatable bonds is 16. The third-order valence-electron chi connectivity index (χ3n) is 6.78. The van der Waals surface area contributed by atoms with E-state index in [1.54, 1.807) is 0 Å². The molecule has 0 radical (unpaired) electrons. The summed E-state index contributed by atoms with van der Waals surface area (Å²) in [5, 5.41) is 0. The second-order valence-corrected chi connectivity index (χ2v) is 10.4. The van der Waals surface area contributed by atoms with Gasteiger partial charge >= 0.3 is 0 Å². The second-order valence-electron chi connectivity index (χ2n) is 10.4. The molecule has 3 heteroatoms. The van der Waals surface area contributed by atoms with E-state index in [-0.39, 0.29) is 0 Å². The van der Waals surface area contributed by atoms with Gasteiger partial charge in [-0.2, -0.15) is 0 Å². The predicted octanol–water partition coefficient (Wildman–Crippen LogP) is 9.26. The second kappa shape index (κ2) is 15.4. The van der Waals surface area contributed by atoms with Gasteiger partial charge in [0.15, 0.2) is 5.82 Å². The first kappa shape index (κ1) is 27.0. The molecule has 188 valence electrons. The van der Waals surface area contributed by atoms with E-state index in [2.05, 4.69) is 67.1 Å². The van der Waals surface area contributed by atoms with Gasteiger partial charge in [0.25, 0.3) is 0 Å². The number of aryl methyl sites for hydroxylation is 2. The zero-order chi connectivity index (χ0) is 24.7. The maximum atomic E-state index is 4.71. The standard InChI is InChI=1S/C32H45N3/c1-4-5-6-8-12-15-27-17-22-31(33-23-27)29-18-20-30(21-19-29)32-34-24-28(25-35-32)16-13-10-7-9-11-14-26(2)3/h17-26H,4-16H2,1-3H3. The summed E-state index contributed by atoms with van der Waals surface area (Å²) in [7, 11) is 0. The Hall–Kier alpha value is -2.55. The van der Waals surface area contributed by atoms with Gasteiger partial charge in [-0.25, -0.2) is 9.97 Å². The molecule has 0 spiro atoms. The van der Waals surface area contributed by atoms with Crippen molar-refractivity contribution in [2.75, 3.05) is 0 Å². The minimum atomic E-state index is 0.792. The summed E-state index contributed by atoms with van der Waals surface area (Å²) in [5.74, 6) is 1.63. The molecule has 0 unspecified atom stereocenters. The molecule has 1 aromatic carbocycles. The molecule has 35 heavy (non-hydrogen) atoms. The van der Waals surface area contributed by atoms with E-state index in [1.165, 1.54) is 81.8 Å². The minimum absolute atomic E-state index is 0.792. The largest absolute Gasteiger partial charge is 0.256 e. The molecule has 0 aliphatic rings. The van der Waals surface area contributed by atoms with Crippen molar-refractivity contribution in [3.05, 3.63) is 66.1 Å². The van der Waals surface area contributed by atoms with Crippen molar-refractivity contribution in [1.29, 1.82) is 0 Å². The first-order valence-electron chi connectivity index (χ1n) is 14.0. The van der Waals surface area contributed by atoms with Crippen LogP contribution in [0.2, 0.25) is 0 Å². The van der Waals surface area contributed by atoms with Gasteiger partial charge in [-0.3, -0.25) is 4.98 Å². The molecule has 2 aromatic heterocycles. The van der Waals surface area contributed by atoms with Gasteiger partial charge in [0.2, 0.25) is 0 Å². The van der Waals surface area contributed by atoms with Crippen LogP contribution in [-0.2, 0) is 12.8 Å². The normalized spacial score (nSPS) is 11.3. The molecule has 0 N–H and O–H groups in total. The topological polar surface area (TPSA) is 38.7 Å². The highest BCUT2D eigenvalue weighted by Crippen LogP contribution is 2.22. The van der Waals surface area contributed by atoms with Crippen LogP contribution in [0.25, 0.3) is 22.6 Å². The molecule has 0 aliphatic heterocycles. The number of aromatic nitrogens is 3. The van der Waals surface area contributed by atoms with Crippen LogP contribution < -0.4 is 0 Å². The Morgan fingerprint density at radius 2 is 1.14 bits per heavy atom. The zero-order valence-electron chi connectivity index (χ0n) is 22.3. The molecule has 0 bridgehead atoms. The molecule has 0 fully saturated rings. The van der Waals surface area contributed by atoms with Crippen molar-refractivity contribution >= 4 is 0 Å². The van der Waals surface area contributed by atoms with E-state index in [0.29, 0.717) is 0 Å². The molecule has 3 rings (SSSR count). The molecule has 2 heterocycles. The Kier molecular flexibility index (Phi) is 11.9. The van der Waals surface area contributed by atoms with Crippen LogP contribution in [0.1, 0.15) is 103 Å². The first-order valence-corrected chi connectivity index (χ1v) is 14.0. The molecule has 0 amide bonds. The summed E-state index contributed by atoms with van der Waals surface area (Å²) in [6, 6.07) is 12.8. The molecule has 0 saturated carbocycles. The van der Waals surface area contributed by atoms with Gasteiger partial charge in [0.05, 0.1) is 5.69 Å². The number of benzene rings is 1. The van der Waals surface area contributed by atoms with E-state index in [1.807, 2.05) is 18.6 Å². The summed E-state index contributed by atoms with van der Waals surface area (Å²) < 4.78 is 0. The van der Waals surface area contributed by atoms with Crippen LogP contribution in [0.5, 0.6) is 0 Å². The molecule has 3 aromatic rings. The fourth-order valence-corrected chi connectivity index (χ4v) is 4.51. The van der Waals surface area contributed by atoms with E-state index < -0.39 is 0 Å². The van der Waals surface area contributed by atoms with Gasteiger partial charge in [-0.1, -0.05) is 109 Å². The summed E-state index contributed by atoms with van der Waals surface area (Å²) in [4.78, 5) is 14.0. The lowest BCUT2D eigenvalue weighted by Gasteiger charge is -2.06. The highest BCUT2D eigenvalue weighted by Gasteiger charge is 2.05. The van der Waals surface area contributed by atoms with Crippen molar-refractivity contribution in [1.82, 2.24) is 15.0 Å². The molecule has 3 nitrogen and oxygen atoms in total. The quantitative estimate of drug-likeness (QED) is 0.195. The van der Waals surface area contributed by atoms with Crippen molar-refractivity contribution in [2.24, 2.45) is 5.92 Å². The van der Waals surface area contributed by atoms with Crippen molar-refractivity contribution in [3.8, 4) is 22.6 Å². The van der Waals surface area contributed by atoms with Crippen molar-refractivity contribution in [3.63, 3.8) is 0 Å². The average molecular weight is 472 g/mol. The van der Waals surface area contributed by atoms with Crippen LogP contribution in [0.3, 0.4) is 0 Å². The van der Waals surface area contributed by atoms with Crippen molar-refractivity contribution in [2.45, 2.75) is 104 Å². The molecule has 0 saturated heterocycles. The summed E-state index contributed by atoms with van der Waals surface area (Å²) in [6.07, 6.45) is 22.8. The van der Waals surface area contributed by atoms with Gasteiger partial charge < -0.3 is 0 Å². The average Bonchev–Trinajstić information content (AvgIpc) is 2.89. The predicted molar refractivity (Wildman–Crippen MR) is 149 cm³/mol. The van der Waals surface area contributed by atoms with E-state index >= 15 is 0 Å². The first-order chi connectivity index (χ1) is 17.2. The van der Waals surface area contributed by atoms with Gasteiger partial charge in [0, 0.05) is 29.7 Å². The summed E-state index contributed by atoms with van der Waals surface area (Å²) >= 11 is 0. The van der Waals surface area contributed by atoms with Crippen LogP contribution in [0.4, 0.5) is 0 Å². The summed E-state index contributed by atoms with van der Waals surface area (Å²) in [6.45, 7) is 6.88. The third kappa shape index (κ3) is 9.92. The SMILES string of the molecule is CCCCCCCc1ccc(-c2ccc(-c3ncc(CCCCCCCC(C)C)cn3)cc2)nc1. The Morgan fingerprint density at radius 1 is 0.571 bits per heavy atom. The van der Waals surface area contributed by atoms with E-state index in [4.69, 9.17) is 4.98 Å². The van der Waals surface area contributed by atoms with Gasteiger partial charge in [0.1, 0.15) is 0 Å². The smallest absolute Gasteiger partial charge is 0.159 e. The third-order valence-corrected chi connectivity index (χ3v) is 6.78. The lowest BCUT2D eigenvalue weighted by atomic mass is 10.0. The molecular weight excluding hydrogens is 426 g/mol. The number of hydrogen-bond donors (Lipinski definition) is 0. The zero-order valence-corrected chi connectivity index (χ0v) is 22.3. The Labute approximate surface area is 213 Å². The summed E-state index contributed by atoms with van der Waals surface area (Å²) in [5.41, 5.74) is 5.78. The Balaban J connectivity index is 1.43. The Bertz CT molecular complexity index is 944. The Morgan fingerprint density at radius 3 is 1.77 bits per heavy atom. The molecule has 0 aliphatic carbocycles. The number of nitrogens with zero attached hydrogens (tertiary/aromatic N) is 3. The minimum Gasteiger partial charge on any atom is -0.256 e. The van der Waals surface area contributed by atoms with Crippen LogP contribution >= 0.6 is 0 Å². The van der Waals surface area contributed by atoms with Crippen LogP contribution in [0, 0.1) is 5.92 Å². The number of pyridine rings is 1. The highest BCUT2D eigenvalue weighted by atomic mass is 14.9. The monoisotopic (exact) mass is 471 g/mol.